The summed E-state index contributed by atoms with van der Waals surface area (Å²) in [5, 5.41) is 6.19. The lowest BCUT2D eigenvalue weighted by atomic mass is 10.1. The van der Waals surface area contributed by atoms with E-state index in [-0.39, 0.29) is 5.91 Å². The number of hydrogen-bond donors (Lipinski definition) is 1. The molecule has 0 bridgehead atoms. The first-order valence-corrected chi connectivity index (χ1v) is 13.5. The molecular formula is C29H28ClN3O3S. The summed E-state index contributed by atoms with van der Waals surface area (Å²) in [6.45, 7) is 4.80. The second kappa shape index (κ2) is 12.3. The van der Waals surface area contributed by atoms with Gasteiger partial charge in [0.2, 0.25) is 0 Å². The zero-order chi connectivity index (χ0) is 25.5. The molecule has 0 spiro atoms. The van der Waals surface area contributed by atoms with E-state index in [9.17, 15) is 4.79 Å². The van der Waals surface area contributed by atoms with Crippen LogP contribution in [0.15, 0.2) is 78.2 Å². The van der Waals surface area contributed by atoms with Crippen molar-refractivity contribution in [1.29, 1.82) is 0 Å². The van der Waals surface area contributed by atoms with Gasteiger partial charge in [-0.05, 0) is 41.5 Å². The number of nitrogens with one attached hydrogen (secondary N) is 1. The Morgan fingerprint density at radius 2 is 1.81 bits per heavy atom. The smallest absolute Gasteiger partial charge is 0.275 e. The number of anilines is 1. The Morgan fingerprint density at radius 3 is 2.59 bits per heavy atom. The number of nitrogens with zero attached hydrogens (tertiary/aromatic N) is 2. The summed E-state index contributed by atoms with van der Waals surface area (Å²) in [4.78, 5) is 19.8. The molecular weight excluding hydrogens is 506 g/mol. The van der Waals surface area contributed by atoms with Gasteiger partial charge >= 0.3 is 0 Å². The summed E-state index contributed by atoms with van der Waals surface area (Å²) < 4.78 is 11.5. The van der Waals surface area contributed by atoms with Crippen LogP contribution in [-0.4, -0.2) is 42.1 Å². The number of thiazole rings is 1. The van der Waals surface area contributed by atoms with Crippen LogP contribution in [0.3, 0.4) is 0 Å². The van der Waals surface area contributed by atoms with Crippen molar-refractivity contribution >= 4 is 34.5 Å². The highest BCUT2D eigenvalue weighted by molar-refractivity contribution is 7.09. The van der Waals surface area contributed by atoms with Crippen LogP contribution in [0.4, 0.5) is 5.69 Å². The predicted molar refractivity (Wildman–Crippen MR) is 148 cm³/mol. The van der Waals surface area contributed by atoms with E-state index in [2.05, 4.69) is 15.2 Å². The van der Waals surface area contributed by atoms with Gasteiger partial charge in [-0.15, -0.1) is 11.3 Å². The summed E-state index contributed by atoms with van der Waals surface area (Å²) in [6, 6.07) is 23.6. The molecule has 6 nitrogen and oxygen atoms in total. The molecule has 1 aliphatic heterocycles. The molecule has 1 amide bonds. The van der Waals surface area contributed by atoms with Crippen molar-refractivity contribution in [2.75, 3.05) is 31.6 Å². The molecule has 0 saturated carbocycles. The minimum atomic E-state index is -0.227. The van der Waals surface area contributed by atoms with Gasteiger partial charge in [-0.3, -0.25) is 9.69 Å². The van der Waals surface area contributed by atoms with Crippen LogP contribution in [0.2, 0.25) is 5.02 Å². The van der Waals surface area contributed by atoms with Crippen molar-refractivity contribution in [1.82, 2.24) is 9.88 Å². The zero-order valence-electron chi connectivity index (χ0n) is 20.4. The van der Waals surface area contributed by atoms with Crippen molar-refractivity contribution in [3.8, 4) is 5.75 Å². The number of carbonyl (C=O) groups excluding carboxylic acids is 1. The van der Waals surface area contributed by atoms with Gasteiger partial charge < -0.3 is 14.8 Å². The monoisotopic (exact) mass is 533 g/mol. The fraction of sp³-hybridized carbons (Fsp3) is 0.241. The molecule has 5 rings (SSSR count). The van der Waals surface area contributed by atoms with Gasteiger partial charge in [0.05, 0.1) is 18.2 Å². The number of benzene rings is 3. The third-order valence-corrected chi connectivity index (χ3v) is 7.19. The predicted octanol–water partition coefficient (Wildman–Crippen LogP) is 6.05. The summed E-state index contributed by atoms with van der Waals surface area (Å²) >= 11 is 7.71. The molecule has 37 heavy (non-hydrogen) atoms. The van der Waals surface area contributed by atoms with Gasteiger partial charge in [-0.1, -0.05) is 54.1 Å². The maximum atomic E-state index is 12.8. The molecule has 8 heteroatoms. The molecule has 1 saturated heterocycles. The van der Waals surface area contributed by atoms with Crippen LogP contribution in [0, 0.1) is 0 Å². The van der Waals surface area contributed by atoms with Crippen LogP contribution >= 0.6 is 22.9 Å². The molecule has 0 aliphatic carbocycles. The number of morpholine rings is 1. The van der Waals surface area contributed by atoms with E-state index in [1.54, 1.807) is 5.38 Å². The lowest BCUT2D eigenvalue weighted by Crippen LogP contribution is -2.35. The Bertz CT molecular complexity index is 1320. The summed E-state index contributed by atoms with van der Waals surface area (Å²) in [5.41, 5.74) is 4.37. The highest BCUT2D eigenvalue weighted by atomic mass is 35.5. The van der Waals surface area contributed by atoms with E-state index in [0.717, 1.165) is 60.4 Å². The fourth-order valence-electron chi connectivity index (χ4n) is 4.13. The molecule has 1 aromatic heterocycles. The first-order chi connectivity index (χ1) is 18.1. The average molecular weight is 534 g/mol. The van der Waals surface area contributed by atoms with Gasteiger partial charge in [0.25, 0.3) is 5.91 Å². The quantitative estimate of drug-likeness (QED) is 0.284. The molecule has 0 radical (unpaired) electrons. The SMILES string of the molecule is O=C(Nc1ccc(CN2CCOCC2)cc1)c1csc(Cc2cc(Cl)ccc2OCc2ccccc2)n1. The largest absolute Gasteiger partial charge is 0.489 e. The Morgan fingerprint density at radius 1 is 1.03 bits per heavy atom. The molecule has 190 valence electrons. The van der Waals surface area contributed by atoms with Crippen molar-refractivity contribution in [3.63, 3.8) is 0 Å². The van der Waals surface area contributed by atoms with Crippen LogP contribution < -0.4 is 10.1 Å². The second-order valence-electron chi connectivity index (χ2n) is 8.87. The normalized spacial score (nSPS) is 13.9. The molecule has 1 fully saturated rings. The Hall–Kier alpha value is -3.23. The minimum absolute atomic E-state index is 0.227. The Kier molecular flexibility index (Phi) is 8.48. The van der Waals surface area contributed by atoms with Crippen LogP contribution in [-0.2, 0) is 24.3 Å². The average Bonchev–Trinajstić information content (AvgIpc) is 3.39. The van der Waals surface area contributed by atoms with E-state index >= 15 is 0 Å². The number of rotatable bonds is 9. The lowest BCUT2D eigenvalue weighted by Gasteiger charge is -2.26. The number of amides is 1. The maximum absolute atomic E-state index is 12.8. The third kappa shape index (κ3) is 7.17. The molecule has 0 atom stereocenters. The van der Waals surface area contributed by atoms with E-state index in [0.29, 0.717) is 23.7 Å². The van der Waals surface area contributed by atoms with Crippen molar-refractivity contribution in [3.05, 3.63) is 111 Å². The standard InChI is InChI=1S/C29H28ClN3O3S/c30-24-8-11-27(36-19-22-4-2-1-3-5-22)23(16-24)17-28-32-26(20-37-28)29(34)31-25-9-6-21(7-10-25)18-33-12-14-35-15-13-33/h1-11,16,20H,12-15,17-19H2,(H,31,34). The molecule has 1 aliphatic rings. The van der Waals surface area contributed by atoms with Gasteiger partial charge in [0, 0.05) is 47.7 Å². The highest BCUT2D eigenvalue weighted by Crippen LogP contribution is 2.27. The number of halogens is 1. The molecule has 2 heterocycles. The molecule has 3 aromatic carbocycles. The lowest BCUT2D eigenvalue weighted by molar-refractivity contribution is 0.0342. The van der Waals surface area contributed by atoms with Crippen molar-refractivity contribution in [2.45, 2.75) is 19.6 Å². The Labute approximate surface area is 225 Å². The Balaban J connectivity index is 1.19. The highest BCUT2D eigenvalue weighted by Gasteiger charge is 2.15. The fourth-order valence-corrected chi connectivity index (χ4v) is 5.12. The maximum Gasteiger partial charge on any atom is 0.275 e. The topological polar surface area (TPSA) is 63.7 Å². The van der Waals surface area contributed by atoms with Gasteiger partial charge in [0.15, 0.2) is 0 Å². The van der Waals surface area contributed by atoms with Crippen molar-refractivity contribution in [2.24, 2.45) is 0 Å². The summed E-state index contributed by atoms with van der Waals surface area (Å²) in [6.07, 6.45) is 0.527. The van der Waals surface area contributed by atoms with Crippen LogP contribution in [0.1, 0.15) is 32.2 Å². The van der Waals surface area contributed by atoms with E-state index < -0.39 is 0 Å². The molecule has 1 N–H and O–H groups in total. The molecule has 4 aromatic rings. The van der Waals surface area contributed by atoms with Gasteiger partial charge in [-0.2, -0.15) is 0 Å². The summed E-state index contributed by atoms with van der Waals surface area (Å²) in [7, 11) is 0. The number of ether oxygens (including phenoxy) is 2. The van der Waals surface area contributed by atoms with E-state index in [4.69, 9.17) is 21.1 Å². The first kappa shape index (κ1) is 25.4. The minimum Gasteiger partial charge on any atom is -0.489 e. The van der Waals surface area contributed by atoms with Gasteiger partial charge in [0.1, 0.15) is 18.1 Å². The molecule has 0 unspecified atom stereocenters. The zero-order valence-corrected chi connectivity index (χ0v) is 21.9. The first-order valence-electron chi connectivity index (χ1n) is 12.2. The van der Waals surface area contributed by atoms with Crippen LogP contribution in [0.5, 0.6) is 5.75 Å². The van der Waals surface area contributed by atoms with Crippen LogP contribution in [0.25, 0.3) is 0 Å². The summed E-state index contributed by atoms with van der Waals surface area (Å²) in [5.74, 6) is 0.529. The third-order valence-electron chi connectivity index (χ3n) is 6.11. The van der Waals surface area contributed by atoms with Crippen molar-refractivity contribution < 1.29 is 14.3 Å². The van der Waals surface area contributed by atoms with Gasteiger partial charge in [-0.25, -0.2) is 4.98 Å². The number of carbonyl (C=O) groups is 1. The van der Waals surface area contributed by atoms with E-state index in [1.165, 1.54) is 16.9 Å². The van der Waals surface area contributed by atoms with E-state index in [1.807, 2.05) is 72.8 Å². The number of hydrogen-bond acceptors (Lipinski definition) is 6. The second-order valence-corrected chi connectivity index (χ2v) is 10.2. The number of aromatic nitrogens is 1.